The lowest BCUT2D eigenvalue weighted by Crippen LogP contribution is -2.37. The van der Waals surface area contributed by atoms with Gasteiger partial charge >= 0.3 is 5.97 Å². The average molecular weight is 466 g/mol. The fourth-order valence-electron chi connectivity index (χ4n) is 3.58. The van der Waals surface area contributed by atoms with Gasteiger partial charge in [0.15, 0.2) is 0 Å². The lowest BCUT2D eigenvalue weighted by atomic mass is 9.95. The maximum atomic E-state index is 12.0. The third-order valence-electron chi connectivity index (χ3n) is 5.97. The van der Waals surface area contributed by atoms with Crippen molar-refractivity contribution in [1.29, 1.82) is 0 Å². The normalized spacial score (nSPS) is 14.0. The van der Waals surface area contributed by atoms with Gasteiger partial charge in [-0.2, -0.15) is 5.10 Å². The van der Waals surface area contributed by atoms with E-state index >= 15 is 0 Å². The van der Waals surface area contributed by atoms with E-state index in [4.69, 9.17) is 20.3 Å². The van der Waals surface area contributed by atoms with E-state index in [1.54, 1.807) is 14.0 Å². The first-order valence-corrected chi connectivity index (χ1v) is 11.6. The number of aliphatic hydroxyl groups is 1. The highest BCUT2D eigenvalue weighted by Gasteiger charge is 2.28. The minimum Gasteiger partial charge on any atom is -0.497 e. The van der Waals surface area contributed by atoms with Crippen LogP contribution in [0.3, 0.4) is 0 Å². The van der Waals surface area contributed by atoms with E-state index in [-0.39, 0.29) is 12.5 Å². The van der Waals surface area contributed by atoms with Crippen molar-refractivity contribution in [2.45, 2.75) is 52.2 Å². The molecule has 0 spiro atoms. The number of nitrogens with two attached hydrogens (primary N) is 1. The van der Waals surface area contributed by atoms with E-state index in [1.165, 1.54) is 5.56 Å². The number of ether oxygens (including phenoxy) is 2. The molecular formula is C27H35N3O4. The zero-order valence-electron chi connectivity index (χ0n) is 20.6. The van der Waals surface area contributed by atoms with Crippen LogP contribution in [-0.2, 0) is 15.1 Å². The van der Waals surface area contributed by atoms with Gasteiger partial charge in [0.1, 0.15) is 17.4 Å². The zero-order chi connectivity index (χ0) is 24.9. The molecule has 0 saturated carbocycles. The summed E-state index contributed by atoms with van der Waals surface area (Å²) >= 11 is 0. The average Bonchev–Trinajstić information content (AvgIpc) is 3.28. The molecule has 0 fully saturated rings. The number of esters is 1. The largest absolute Gasteiger partial charge is 0.497 e. The summed E-state index contributed by atoms with van der Waals surface area (Å²) in [5.74, 6) is 0.351. The highest BCUT2D eigenvalue weighted by atomic mass is 16.5. The van der Waals surface area contributed by atoms with Crippen LogP contribution in [0.5, 0.6) is 5.75 Å². The highest BCUT2D eigenvalue weighted by Crippen LogP contribution is 2.32. The van der Waals surface area contributed by atoms with Gasteiger partial charge in [-0.3, -0.25) is 4.79 Å². The molecule has 0 aliphatic carbocycles. The number of aromatic nitrogens is 2. The Morgan fingerprint density at radius 3 is 2.38 bits per heavy atom. The molecular weight excluding hydrogens is 430 g/mol. The molecule has 7 heteroatoms. The molecule has 3 N–H and O–H groups in total. The molecule has 0 bridgehead atoms. The first-order valence-electron chi connectivity index (χ1n) is 11.6. The second-order valence-corrected chi connectivity index (χ2v) is 9.21. The molecule has 7 nitrogen and oxygen atoms in total. The summed E-state index contributed by atoms with van der Waals surface area (Å²) in [6.07, 6.45) is 0.864. The van der Waals surface area contributed by atoms with Crippen molar-refractivity contribution >= 4 is 5.97 Å². The van der Waals surface area contributed by atoms with E-state index in [9.17, 15) is 9.90 Å². The Hall–Kier alpha value is -3.16. The van der Waals surface area contributed by atoms with Crippen LogP contribution < -0.4 is 10.5 Å². The minimum absolute atomic E-state index is 0.0118. The van der Waals surface area contributed by atoms with Gasteiger partial charge in [0, 0.05) is 5.56 Å². The Labute approximate surface area is 201 Å². The van der Waals surface area contributed by atoms with Crippen LogP contribution in [0.2, 0.25) is 0 Å². The van der Waals surface area contributed by atoms with E-state index in [1.807, 2.05) is 67.9 Å². The van der Waals surface area contributed by atoms with Crippen LogP contribution >= 0.6 is 0 Å². The Morgan fingerprint density at radius 2 is 1.79 bits per heavy atom. The van der Waals surface area contributed by atoms with Crippen LogP contribution in [0.15, 0.2) is 54.6 Å². The monoisotopic (exact) mass is 465 g/mol. The molecule has 1 heterocycles. The van der Waals surface area contributed by atoms with Crippen molar-refractivity contribution in [1.82, 2.24) is 9.78 Å². The molecule has 0 saturated heterocycles. The van der Waals surface area contributed by atoms with E-state index in [0.717, 1.165) is 22.7 Å². The van der Waals surface area contributed by atoms with Gasteiger partial charge in [0.2, 0.25) is 0 Å². The van der Waals surface area contributed by atoms with E-state index in [0.29, 0.717) is 18.5 Å². The van der Waals surface area contributed by atoms with Gasteiger partial charge in [-0.1, -0.05) is 43.7 Å². The first-order chi connectivity index (χ1) is 16.1. The van der Waals surface area contributed by atoms with E-state index < -0.39 is 17.6 Å². The molecule has 0 radical (unpaired) electrons. The summed E-state index contributed by atoms with van der Waals surface area (Å²) in [6.45, 7) is 7.72. The number of hydrogen-bond donors (Lipinski definition) is 2. The van der Waals surface area contributed by atoms with Crippen molar-refractivity contribution in [2.75, 3.05) is 13.7 Å². The van der Waals surface area contributed by atoms with Crippen LogP contribution in [0.25, 0.3) is 16.9 Å². The first kappa shape index (κ1) is 25.5. The number of methoxy groups -OCH3 is 1. The number of carbonyl (C=O) groups excluding carboxylic acids is 1. The smallest absolute Gasteiger partial charge is 0.323 e. The van der Waals surface area contributed by atoms with Crippen LogP contribution in [0.1, 0.15) is 44.9 Å². The Balaban J connectivity index is 1.82. The quantitative estimate of drug-likeness (QED) is 0.341. The summed E-state index contributed by atoms with van der Waals surface area (Å²) in [7, 11) is 1.63. The number of benzene rings is 2. The predicted molar refractivity (Wildman–Crippen MR) is 133 cm³/mol. The predicted octanol–water partition coefficient (Wildman–Crippen LogP) is 4.37. The van der Waals surface area contributed by atoms with E-state index in [2.05, 4.69) is 12.1 Å². The van der Waals surface area contributed by atoms with Crippen molar-refractivity contribution in [3.05, 3.63) is 65.9 Å². The number of carbonyl (C=O) groups is 1. The van der Waals surface area contributed by atoms with Gasteiger partial charge in [-0.05, 0) is 62.9 Å². The number of rotatable bonds is 10. The number of hydrogen-bond acceptors (Lipinski definition) is 6. The fraction of sp³-hybridized carbons (Fsp3) is 0.407. The minimum atomic E-state index is -1.20. The summed E-state index contributed by atoms with van der Waals surface area (Å²) in [4.78, 5) is 12.0. The summed E-state index contributed by atoms with van der Waals surface area (Å²) in [5, 5.41) is 16.0. The molecule has 1 unspecified atom stereocenters. The second kappa shape index (κ2) is 10.8. The Kier molecular flexibility index (Phi) is 8.12. The van der Waals surface area contributed by atoms with Gasteiger partial charge < -0.3 is 20.3 Å². The molecule has 2 aromatic carbocycles. The number of aryl methyl sites for hydroxylation is 1. The molecule has 2 atom stereocenters. The van der Waals surface area contributed by atoms with Crippen LogP contribution in [0, 0.1) is 12.8 Å². The molecule has 182 valence electrons. The SMILES string of the molecule is COc1ccc(-n2nc(C(C)(O)CCCOC(=O)[C@@H](N)C(C)C)cc2-c2ccc(C)cc2)cc1. The summed E-state index contributed by atoms with van der Waals surface area (Å²) in [5.41, 5.74) is 9.06. The van der Waals surface area contributed by atoms with Crippen molar-refractivity contribution < 1.29 is 19.4 Å². The maximum absolute atomic E-state index is 12.0. The highest BCUT2D eigenvalue weighted by molar-refractivity contribution is 5.75. The van der Waals surface area contributed by atoms with Gasteiger partial charge in [-0.25, -0.2) is 4.68 Å². The molecule has 0 aliphatic heterocycles. The third-order valence-corrected chi connectivity index (χ3v) is 5.97. The van der Waals surface area contributed by atoms with Crippen LogP contribution in [-0.4, -0.2) is 40.6 Å². The van der Waals surface area contributed by atoms with Gasteiger partial charge in [0.25, 0.3) is 0 Å². The molecule has 0 amide bonds. The van der Waals surface area contributed by atoms with Crippen molar-refractivity contribution in [3.63, 3.8) is 0 Å². The Morgan fingerprint density at radius 1 is 1.15 bits per heavy atom. The van der Waals surface area contributed by atoms with Crippen molar-refractivity contribution in [2.24, 2.45) is 11.7 Å². The second-order valence-electron chi connectivity index (χ2n) is 9.21. The lowest BCUT2D eigenvalue weighted by Gasteiger charge is -2.21. The lowest BCUT2D eigenvalue weighted by molar-refractivity contribution is -0.146. The van der Waals surface area contributed by atoms with Crippen molar-refractivity contribution in [3.8, 4) is 22.7 Å². The fourth-order valence-corrected chi connectivity index (χ4v) is 3.58. The van der Waals surface area contributed by atoms with Gasteiger partial charge in [-0.15, -0.1) is 0 Å². The summed E-state index contributed by atoms with van der Waals surface area (Å²) < 4.78 is 12.4. The molecule has 34 heavy (non-hydrogen) atoms. The maximum Gasteiger partial charge on any atom is 0.323 e. The number of nitrogens with zero attached hydrogens (tertiary/aromatic N) is 2. The van der Waals surface area contributed by atoms with Crippen LogP contribution in [0.4, 0.5) is 0 Å². The third kappa shape index (κ3) is 6.04. The Bertz CT molecular complexity index is 1090. The molecule has 3 aromatic rings. The van der Waals surface area contributed by atoms with Gasteiger partial charge in [0.05, 0.1) is 30.8 Å². The standard InChI is InChI=1S/C27H35N3O4/c1-18(2)25(28)26(31)34-16-6-15-27(4,32)24-17-23(20-9-7-19(3)8-10-20)30(29-24)21-11-13-22(33-5)14-12-21/h7-14,17-18,25,32H,6,15-16,28H2,1-5H3/t25-,27?/m0/s1. The zero-order valence-corrected chi connectivity index (χ0v) is 20.6. The summed E-state index contributed by atoms with van der Waals surface area (Å²) in [6, 6.07) is 17.1. The molecule has 1 aromatic heterocycles. The topological polar surface area (TPSA) is 99.6 Å². The molecule has 0 aliphatic rings. The molecule has 3 rings (SSSR count).